The fourth-order valence-electron chi connectivity index (χ4n) is 3.11. The maximum Gasteiger partial charge on any atom is 0.341 e. The van der Waals surface area contributed by atoms with Crippen molar-refractivity contribution in [1.82, 2.24) is 10.6 Å². The molecule has 1 aromatic rings. The van der Waals surface area contributed by atoms with E-state index in [-0.39, 0.29) is 12.0 Å². The van der Waals surface area contributed by atoms with Gasteiger partial charge in [-0.1, -0.05) is 6.07 Å². The highest BCUT2D eigenvalue weighted by Crippen LogP contribution is 2.31. The van der Waals surface area contributed by atoms with Crippen molar-refractivity contribution in [3.8, 4) is 5.75 Å². The minimum atomic E-state index is -0.434. The van der Waals surface area contributed by atoms with Gasteiger partial charge in [0.15, 0.2) is 5.96 Å². The lowest BCUT2D eigenvalue weighted by atomic mass is 9.84. The summed E-state index contributed by atoms with van der Waals surface area (Å²) >= 11 is 0. The normalized spacial score (nSPS) is 19.6. The van der Waals surface area contributed by atoms with Gasteiger partial charge in [0.1, 0.15) is 11.3 Å². The van der Waals surface area contributed by atoms with Crippen LogP contribution in [0.15, 0.2) is 23.2 Å². The summed E-state index contributed by atoms with van der Waals surface area (Å²) in [6, 6.07) is 5.32. The van der Waals surface area contributed by atoms with Crippen LogP contribution in [-0.4, -0.2) is 64.7 Å². The molecule has 1 heterocycles. The number of nitrogens with one attached hydrogen (secondary N) is 2. The lowest BCUT2D eigenvalue weighted by molar-refractivity contribution is 0.0597. The molecular weight excluding hydrogens is 350 g/mol. The van der Waals surface area contributed by atoms with E-state index in [1.54, 1.807) is 19.2 Å². The molecule has 8 nitrogen and oxygen atoms in total. The average molecular weight is 379 g/mol. The van der Waals surface area contributed by atoms with Crippen LogP contribution in [0.25, 0.3) is 0 Å². The quantitative estimate of drug-likeness (QED) is 0.351. The molecule has 0 radical (unpaired) electrons. The predicted octanol–water partition coefficient (Wildman–Crippen LogP) is 0.936. The van der Waals surface area contributed by atoms with Crippen molar-refractivity contribution >= 4 is 11.9 Å². The zero-order chi connectivity index (χ0) is 19.7. The van der Waals surface area contributed by atoms with Gasteiger partial charge < -0.3 is 30.0 Å². The SMILES string of the molecule is CN=C(NCc1ccc(C(=O)OC)c(OC)c1)NCC1(CCO)CCOC1. The van der Waals surface area contributed by atoms with Crippen molar-refractivity contribution in [3.05, 3.63) is 29.3 Å². The molecule has 1 fully saturated rings. The summed E-state index contributed by atoms with van der Waals surface area (Å²) in [5.74, 6) is 0.695. The Bertz CT molecular complexity index is 657. The molecule has 150 valence electrons. The second-order valence-corrected chi connectivity index (χ2v) is 6.58. The number of ether oxygens (including phenoxy) is 3. The van der Waals surface area contributed by atoms with E-state index in [9.17, 15) is 9.90 Å². The van der Waals surface area contributed by atoms with Crippen molar-refractivity contribution in [2.45, 2.75) is 19.4 Å². The highest BCUT2D eigenvalue weighted by Gasteiger charge is 2.34. The zero-order valence-corrected chi connectivity index (χ0v) is 16.2. The summed E-state index contributed by atoms with van der Waals surface area (Å²) < 4.78 is 15.5. The van der Waals surface area contributed by atoms with Gasteiger partial charge in [0.2, 0.25) is 0 Å². The third-order valence-corrected chi connectivity index (χ3v) is 4.81. The Morgan fingerprint density at radius 2 is 2.19 bits per heavy atom. The molecule has 0 aliphatic carbocycles. The number of rotatable bonds is 8. The standard InChI is InChI=1S/C19H29N3O5/c1-20-18(22-12-19(6-8-23)7-9-27-13-19)21-11-14-4-5-15(17(24)26-3)16(10-14)25-2/h4-5,10,23H,6-9,11-13H2,1-3H3,(H2,20,21,22). The summed E-state index contributed by atoms with van der Waals surface area (Å²) in [6.07, 6.45) is 1.62. The predicted molar refractivity (Wildman–Crippen MR) is 102 cm³/mol. The highest BCUT2D eigenvalue weighted by molar-refractivity contribution is 5.92. The number of guanidine groups is 1. The summed E-state index contributed by atoms with van der Waals surface area (Å²) in [5.41, 5.74) is 1.27. The van der Waals surface area contributed by atoms with Crippen LogP contribution in [0, 0.1) is 5.41 Å². The second kappa shape index (κ2) is 10.1. The van der Waals surface area contributed by atoms with Crippen molar-refractivity contribution < 1.29 is 24.1 Å². The van der Waals surface area contributed by atoms with Crippen LogP contribution in [-0.2, 0) is 16.0 Å². The van der Waals surface area contributed by atoms with E-state index in [2.05, 4.69) is 15.6 Å². The van der Waals surface area contributed by atoms with E-state index in [0.29, 0.717) is 43.4 Å². The zero-order valence-electron chi connectivity index (χ0n) is 16.2. The molecule has 1 saturated heterocycles. The molecule has 0 amide bonds. The Morgan fingerprint density at radius 1 is 1.37 bits per heavy atom. The van der Waals surface area contributed by atoms with Crippen molar-refractivity contribution in [1.29, 1.82) is 0 Å². The molecule has 27 heavy (non-hydrogen) atoms. The van der Waals surface area contributed by atoms with Crippen LogP contribution >= 0.6 is 0 Å². The van der Waals surface area contributed by atoms with Crippen LogP contribution < -0.4 is 15.4 Å². The monoisotopic (exact) mass is 379 g/mol. The number of benzene rings is 1. The molecule has 1 unspecified atom stereocenters. The summed E-state index contributed by atoms with van der Waals surface area (Å²) in [4.78, 5) is 16.0. The molecule has 1 aromatic carbocycles. The van der Waals surface area contributed by atoms with Crippen LogP contribution in [0.4, 0.5) is 0 Å². The average Bonchev–Trinajstić information content (AvgIpc) is 3.16. The van der Waals surface area contributed by atoms with E-state index < -0.39 is 5.97 Å². The van der Waals surface area contributed by atoms with Gasteiger partial charge in [-0.15, -0.1) is 0 Å². The maximum atomic E-state index is 11.7. The molecule has 1 aliphatic rings. The number of hydrogen-bond donors (Lipinski definition) is 3. The fourth-order valence-corrected chi connectivity index (χ4v) is 3.11. The Kier molecular flexibility index (Phi) is 7.87. The Morgan fingerprint density at radius 3 is 2.78 bits per heavy atom. The van der Waals surface area contributed by atoms with E-state index in [1.165, 1.54) is 14.2 Å². The van der Waals surface area contributed by atoms with Crippen molar-refractivity contribution in [2.75, 3.05) is 47.6 Å². The molecule has 3 N–H and O–H groups in total. The first-order valence-corrected chi connectivity index (χ1v) is 8.96. The minimum absolute atomic E-state index is 0.0578. The molecule has 0 spiro atoms. The Hall–Kier alpha value is -2.32. The molecular formula is C19H29N3O5. The van der Waals surface area contributed by atoms with Crippen molar-refractivity contribution in [3.63, 3.8) is 0 Å². The molecule has 0 bridgehead atoms. The largest absolute Gasteiger partial charge is 0.496 e. The van der Waals surface area contributed by atoms with Gasteiger partial charge in [-0.05, 0) is 30.5 Å². The fraction of sp³-hybridized carbons (Fsp3) is 0.579. The Balaban J connectivity index is 1.94. The van der Waals surface area contributed by atoms with Gasteiger partial charge in [-0.3, -0.25) is 4.99 Å². The third kappa shape index (κ3) is 5.58. The van der Waals surface area contributed by atoms with Crippen LogP contribution in [0.5, 0.6) is 5.75 Å². The van der Waals surface area contributed by atoms with Gasteiger partial charge in [0.05, 0.1) is 20.8 Å². The van der Waals surface area contributed by atoms with E-state index >= 15 is 0 Å². The highest BCUT2D eigenvalue weighted by atomic mass is 16.5. The minimum Gasteiger partial charge on any atom is -0.496 e. The number of methoxy groups -OCH3 is 2. The van der Waals surface area contributed by atoms with E-state index in [4.69, 9.17) is 14.2 Å². The number of aliphatic hydroxyl groups excluding tert-OH is 1. The summed E-state index contributed by atoms with van der Waals surface area (Å²) in [5, 5.41) is 15.9. The van der Waals surface area contributed by atoms with Crippen LogP contribution in [0.2, 0.25) is 0 Å². The van der Waals surface area contributed by atoms with Gasteiger partial charge in [0, 0.05) is 38.8 Å². The van der Waals surface area contributed by atoms with Crippen LogP contribution in [0.3, 0.4) is 0 Å². The van der Waals surface area contributed by atoms with Gasteiger partial charge in [-0.2, -0.15) is 0 Å². The molecule has 0 aromatic heterocycles. The number of carbonyl (C=O) groups excluding carboxylic acids is 1. The topological polar surface area (TPSA) is 101 Å². The van der Waals surface area contributed by atoms with Crippen molar-refractivity contribution in [2.24, 2.45) is 10.4 Å². The number of nitrogens with zero attached hydrogens (tertiary/aromatic N) is 1. The summed E-state index contributed by atoms with van der Waals surface area (Å²) in [6.45, 7) is 2.70. The number of esters is 1. The maximum absolute atomic E-state index is 11.7. The molecule has 0 saturated carbocycles. The number of aliphatic imine (C=N–C) groups is 1. The number of aliphatic hydroxyl groups is 1. The first kappa shape index (κ1) is 21.0. The van der Waals surface area contributed by atoms with E-state index in [0.717, 1.165) is 18.6 Å². The lowest BCUT2D eigenvalue weighted by Crippen LogP contribution is -2.44. The second-order valence-electron chi connectivity index (χ2n) is 6.58. The smallest absolute Gasteiger partial charge is 0.341 e. The first-order chi connectivity index (χ1) is 13.1. The summed E-state index contributed by atoms with van der Waals surface area (Å²) in [7, 11) is 4.57. The molecule has 1 aliphatic heterocycles. The van der Waals surface area contributed by atoms with Gasteiger partial charge in [0.25, 0.3) is 0 Å². The lowest BCUT2D eigenvalue weighted by Gasteiger charge is -2.27. The molecule has 2 rings (SSSR count). The third-order valence-electron chi connectivity index (χ3n) is 4.81. The van der Waals surface area contributed by atoms with Gasteiger partial charge >= 0.3 is 5.97 Å². The molecule has 1 atom stereocenters. The van der Waals surface area contributed by atoms with Crippen LogP contribution in [0.1, 0.15) is 28.8 Å². The number of carbonyl (C=O) groups is 1. The van der Waals surface area contributed by atoms with E-state index in [1.807, 2.05) is 6.07 Å². The van der Waals surface area contributed by atoms with Gasteiger partial charge in [-0.25, -0.2) is 4.79 Å². The first-order valence-electron chi connectivity index (χ1n) is 8.96. The number of hydrogen-bond acceptors (Lipinski definition) is 6. The Labute approximate surface area is 159 Å². The molecule has 8 heteroatoms.